The standard InChI is InChI=1S/C26H32N8/c27-19-9-11-21(12-10-19)31-26-30-16-23-24(33-34-25(23)32-26)18-6-2-8-22(15-18)29-13-3-5-17-4-1-7-20(28)14-17/h1-2,4,6-8,14-16,19,21,29H,3,5,9-13,27-28H2,(H2,30,31,32,33,34). The van der Waals surface area contributed by atoms with Gasteiger partial charge >= 0.3 is 0 Å². The van der Waals surface area contributed by atoms with Crippen molar-refractivity contribution in [2.45, 2.75) is 50.6 Å². The third-order valence-electron chi connectivity index (χ3n) is 6.49. The molecule has 0 amide bonds. The fourth-order valence-corrected chi connectivity index (χ4v) is 4.60. The van der Waals surface area contributed by atoms with Crippen LogP contribution in [0, 0.1) is 0 Å². The molecular weight excluding hydrogens is 424 g/mol. The molecule has 0 atom stereocenters. The van der Waals surface area contributed by atoms with Gasteiger partial charge in [-0.25, -0.2) is 4.98 Å². The molecule has 0 radical (unpaired) electrons. The summed E-state index contributed by atoms with van der Waals surface area (Å²) in [5, 5.41) is 15.5. The SMILES string of the molecule is Nc1cccc(CCCNc2cccc(-c3[nH]nc4nc(NC5CCC(N)CC5)ncc34)c2)c1. The quantitative estimate of drug-likeness (QED) is 0.197. The highest BCUT2D eigenvalue weighted by atomic mass is 15.2. The third-order valence-corrected chi connectivity index (χ3v) is 6.49. The van der Waals surface area contributed by atoms with Crippen LogP contribution < -0.4 is 22.1 Å². The number of hydrogen-bond acceptors (Lipinski definition) is 7. The van der Waals surface area contributed by atoms with Crippen LogP contribution in [0.15, 0.2) is 54.7 Å². The number of anilines is 3. The van der Waals surface area contributed by atoms with Gasteiger partial charge in [0.05, 0.1) is 11.1 Å². The van der Waals surface area contributed by atoms with Crippen LogP contribution in [-0.4, -0.2) is 38.8 Å². The molecule has 0 bridgehead atoms. The molecule has 2 aromatic heterocycles. The largest absolute Gasteiger partial charge is 0.399 e. The number of H-pyrrole nitrogens is 1. The maximum Gasteiger partial charge on any atom is 0.224 e. The number of nitrogens with one attached hydrogen (secondary N) is 3. The summed E-state index contributed by atoms with van der Waals surface area (Å²) in [6.07, 6.45) is 8.04. The molecule has 1 saturated carbocycles. The molecule has 176 valence electrons. The number of nitrogens with two attached hydrogens (primary N) is 2. The molecule has 0 spiro atoms. The van der Waals surface area contributed by atoms with Crippen molar-refractivity contribution in [3.05, 3.63) is 60.3 Å². The molecule has 5 rings (SSSR count). The Morgan fingerprint density at radius 3 is 2.74 bits per heavy atom. The molecule has 34 heavy (non-hydrogen) atoms. The van der Waals surface area contributed by atoms with Gasteiger partial charge in [0.15, 0.2) is 5.65 Å². The summed E-state index contributed by atoms with van der Waals surface area (Å²) in [5.74, 6) is 0.626. The van der Waals surface area contributed by atoms with Gasteiger partial charge < -0.3 is 22.1 Å². The van der Waals surface area contributed by atoms with Gasteiger partial charge in [-0.1, -0.05) is 24.3 Å². The lowest BCUT2D eigenvalue weighted by molar-refractivity contribution is 0.410. The van der Waals surface area contributed by atoms with Gasteiger partial charge in [0.2, 0.25) is 5.95 Å². The van der Waals surface area contributed by atoms with Gasteiger partial charge in [-0.3, -0.25) is 5.10 Å². The summed E-state index contributed by atoms with van der Waals surface area (Å²) < 4.78 is 0. The monoisotopic (exact) mass is 456 g/mol. The van der Waals surface area contributed by atoms with Gasteiger partial charge in [-0.2, -0.15) is 10.1 Å². The summed E-state index contributed by atoms with van der Waals surface area (Å²) in [6.45, 7) is 0.881. The van der Waals surface area contributed by atoms with Crippen molar-refractivity contribution in [1.82, 2.24) is 20.2 Å². The molecule has 7 N–H and O–H groups in total. The van der Waals surface area contributed by atoms with Crippen molar-refractivity contribution < 1.29 is 0 Å². The number of rotatable bonds is 8. The van der Waals surface area contributed by atoms with E-state index < -0.39 is 0 Å². The van der Waals surface area contributed by atoms with Crippen LogP contribution in [0.2, 0.25) is 0 Å². The average molecular weight is 457 g/mol. The van der Waals surface area contributed by atoms with E-state index >= 15 is 0 Å². The Labute approximate surface area is 199 Å². The number of aromatic nitrogens is 4. The molecule has 0 saturated heterocycles. The van der Waals surface area contributed by atoms with Crippen LogP contribution in [0.5, 0.6) is 0 Å². The Morgan fingerprint density at radius 1 is 1.03 bits per heavy atom. The zero-order valence-electron chi connectivity index (χ0n) is 19.3. The van der Waals surface area contributed by atoms with Gasteiger partial charge in [-0.05, 0) is 68.4 Å². The van der Waals surface area contributed by atoms with Crippen LogP contribution in [0.3, 0.4) is 0 Å². The normalized spacial score (nSPS) is 18.1. The van der Waals surface area contributed by atoms with Crippen molar-refractivity contribution in [2.24, 2.45) is 5.73 Å². The summed E-state index contributed by atoms with van der Waals surface area (Å²) in [4.78, 5) is 9.19. The van der Waals surface area contributed by atoms with Crippen LogP contribution in [0.25, 0.3) is 22.3 Å². The predicted octanol–water partition coefficient (Wildman–Crippen LogP) is 4.33. The van der Waals surface area contributed by atoms with E-state index in [1.165, 1.54) is 5.56 Å². The summed E-state index contributed by atoms with van der Waals surface area (Å²) in [5.41, 5.74) is 17.7. The topological polar surface area (TPSA) is 131 Å². The minimum Gasteiger partial charge on any atom is -0.399 e. The molecule has 8 nitrogen and oxygen atoms in total. The zero-order valence-corrected chi connectivity index (χ0v) is 19.3. The zero-order chi connectivity index (χ0) is 23.3. The number of hydrogen-bond donors (Lipinski definition) is 5. The maximum atomic E-state index is 6.01. The Bertz CT molecular complexity index is 1240. The van der Waals surface area contributed by atoms with Gasteiger partial charge in [0.25, 0.3) is 0 Å². The second-order valence-corrected chi connectivity index (χ2v) is 9.14. The number of fused-ring (bicyclic) bond motifs is 1. The minimum atomic E-state index is 0.323. The van der Waals surface area contributed by atoms with E-state index in [0.29, 0.717) is 23.7 Å². The van der Waals surface area contributed by atoms with Crippen LogP contribution in [-0.2, 0) is 6.42 Å². The van der Waals surface area contributed by atoms with E-state index in [2.05, 4.69) is 55.1 Å². The first-order valence-electron chi connectivity index (χ1n) is 12.1. The average Bonchev–Trinajstić information content (AvgIpc) is 3.27. The Kier molecular flexibility index (Phi) is 6.58. The van der Waals surface area contributed by atoms with Crippen molar-refractivity contribution in [2.75, 3.05) is 22.9 Å². The number of aromatic amines is 1. The molecule has 2 aromatic carbocycles. The molecule has 1 aliphatic rings. The number of aryl methyl sites for hydroxylation is 1. The molecular formula is C26H32N8. The molecule has 8 heteroatoms. The van der Waals surface area contributed by atoms with Crippen LogP contribution in [0.1, 0.15) is 37.7 Å². The molecule has 4 aromatic rings. The van der Waals surface area contributed by atoms with Crippen molar-refractivity contribution in [3.8, 4) is 11.3 Å². The lowest BCUT2D eigenvalue weighted by Crippen LogP contribution is -2.33. The van der Waals surface area contributed by atoms with E-state index in [1.807, 2.05) is 30.5 Å². The molecule has 1 aliphatic carbocycles. The highest BCUT2D eigenvalue weighted by molar-refractivity contribution is 5.91. The smallest absolute Gasteiger partial charge is 0.224 e. The Morgan fingerprint density at radius 2 is 1.88 bits per heavy atom. The van der Waals surface area contributed by atoms with E-state index in [4.69, 9.17) is 11.5 Å². The van der Waals surface area contributed by atoms with E-state index in [1.54, 1.807) is 0 Å². The second-order valence-electron chi connectivity index (χ2n) is 9.14. The first kappa shape index (κ1) is 22.2. The van der Waals surface area contributed by atoms with E-state index in [-0.39, 0.29) is 0 Å². The van der Waals surface area contributed by atoms with Crippen LogP contribution in [0.4, 0.5) is 17.3 Å². The van der Waals surface area contributed by atoms with Gasteiger partial charge in [-0.15, -0.1) is 0 Å². The first-order valence-corrected chi connectivity index (χ1v) is 12.1. The fraction of sp³-hybridized carbons (Fsp3) is 0.346. The number of nitrogens with zero attached hydrogens (tertiary/aromatic N) is 3. The fourth-order valence-electron chi connectivity index (χ4n) is 4.60. The van der Waals surface area contributed by atoms with Crippen LogP contribution >= 0.6 is 0 Å². The summed E-state index contributed by atoms with van der Waals surface area (Å²) in [6, 6.07) is 17.1. The Balaban J connectivity index is 1.22. The molecule has 2 heterocycles. The van der Waals surface area contributed by atoms with Crippen molar-refractivity contribution in [3.63, 3.8) is 0 Å². The summed E-state index contributed by atoms with van der Waals surface area (Å²) >= 11 is 0. The number of nitrogen functional groups attached to an aromatic ring is 1. The van der Waals surface area contributed by atoms with Gasteiger partial charge in [0.1, 0.15) is 0 Å². The Hall–Kier alpha value is -3.65. The first-order chi connectivity index (χ1) is 16.6. The highest BCUT2D eigenvalue weighted by Crippen LogP contribution is 2.28. The maximum absolute atomic E-state index is 6.01. The molecule has 0 unspecified atom stereocenters. The van der Waals surface area contributed by atoms with Crippen molar-refractivity contribution >= 4 is 28.4 Å². The van der Waals surface area contributed by atoms with Gasteiger partial charge in [0, 0.05) is 41.8 Å². The van der Waals surface area contributed by atoms with E-state index in [9.17, 15) is 0 Å². The summed E-state index contributed by atoms with van der Waals surface area (Å²) in [7, 11) is 0. The molecule has 0 aliphatic heterocycles. The lowest BCUT2D eigenvalue weighted by Gasteiger charge is -2.26. The third kappa shape index (κ3) is 5.28. The second kappa shape index (κ2) is 10.1. The van der Waals surface area contributed by atoms with Crippen molar-refractivity contribution in [1.29, 1.82) is 0 Å². The lowest BCUT2D eigenvalue weighted by atomic mass is 9.92. The molecule has 1 fully saturated rings. The van der Waals surface area contributed by atoms with E-state index in [0.717, 1.165) is 73.1 Å². The minimum absolute atomic E-state index is 0.323. The predicted molar refractivity (Wildman–Crippen MR) is 139 cm³/mol. The number of benzene rings is 2. The highest BCUT2D eigenvalue weighted by Gasteiger charge is 2.19.